The van der Waals surface area contributed by atoms with E-state index in [0.29, 0.717) is 43.1 Å². The summed E-state index contributed by atoms with van der Waals surface area (Å²) in [6.07, 6.45) is 3.01. The maximum absolute atomic E-state index is 13.7. The normalized spacial score (nSPS) is 14.6. The molecule has 0 atom stereocenters. The van der Waals surface area contributed by atoms with Gasteiger partial charge >= 0.3 is 5.69 Å². The van der Waals surface area contributed by atoms with E-state index in [1.54, 1.807) is 23.1 Å². The third-order valence-corrected chi connectivity index (χ3v) is 6.69. The lowest BCUT2D eigenvalue weighted by atomic mass is 10.0. The van der Waals surface area contributed by atoms with Crippen molar-refractivity contribution in [3.05, 3.63) is 94.7 Å². The van der Waals surface area contributed by atoms with Gasteiger partial charge in [0.05, 0.1) is 23.0 Å². The molecule has 0 unspecified atom stereocenters. The number of aromatic nitrogens is 4. The minimum Gasteiger partial charge on any atom is -0.463 e. The third kappa shape index (κ3) is 3.77. The number of nitrogens with zero attached hydrogens (tertiary/aromatic N) is 4. The average molecular weight is 468 g/mol. The second-order valence-electron chi connectivity index (χ2n) is 8.98. The van der Waals surface area contributed by atoms with Crippen molar-refractivity contribution in [3.8, 4) is 17.1 Å². The van der Waals surface area contributed by atoms with E-state index in [0.717, 1.165) is 22.3 Å². The Morgan fingerprint density at radius 3 is 2.63 bits per heavy atom. The van der Waals surface area contributed by atoms with E-state index in [1.165, 1.54) is 0 Å². The van der Waals surface area contributed by atoms with Crippen LogP contribution in [0.2, 0.25) is 0 Å². The first-order valence-corrected chi connectivity index (χ1v) is 11.8. The number of hydrogen-bond acceptors (Lipinski definition) is 4. The summed E-state index contributed by atoms with van der Waals surface area (Å²) in [6.45, 7) is 3.13. The molecule has 0 aliphatic carbocycles. The van der Waals surface area contributed by atoms with Crippen molar-refractivity contribution in [1.29, 1.82) is 0 Å². The summed E-state index contributed by atoms with van der Waals surface area (Å²) in [5.41, 5.74) is 4.65. The number of aryl methyl sites for hydroxylation is 1. The van der Waals surface area contributed by atoms with E-state index in [1.807, 2.05) is 71.0 Å². The Morgan fingerprint density at radius 2 is 1.86 bits per heavy atom. The molecule has 0 saturated carbocycles. The number of piperidine rings is 1. The van der Waals surface area contributed by atoms with Gasteiger partial charge < -0.3 is 14.3 Å². The predicted octanol–water partition coefficient (Wildman–Crippen LogP) is 4.56. The summed E-state index contributed by atoms with van der Waals surface area (Å²) < 4.78 is 9.07. The van der Waals surface area contributed by atoms with Gasteiger partial charge in [-0.25, -0.2) is 9.48 Å². The highest BCUT2D eigenvalue weighted by Crippen LogP contribution is 2.28. The van der Waals surface area contributed by atoms with Crippen molar-refractivity contribution in [2.75, 3.05) is 13.1 Å². The molecule has 8 heteroatoms. The Labute approximate surface area is 201 Å². The Hall–Kier alpha value is -4.33. The van der Waals surface area contributed by atoms with Crippen molar-refractivity contribution in [3.63, 3.8) is 0 Å². The Balaban J connectivity index is 1.29. The van der Waals surface area contributed by atoms with E-state index >= 15 is 0 Å². The summed E-state index contributed by atoms with van der Waals surface area (Å²) >= 11 is 0. The van der Waals surface area contributed by atoms with Crippen molar-refractivity contribution < 1.29 is 9.21 Å². The number of benzene rings is 2. The lowest BCUT2D eigenvalue weighted by Crippen LogP contribution is -2.41. The highest BCUT2D eigenvalue weighted by atomic mass is 16.3. The number of amides is 1. The standard InChI is InChI=1S/C27H25N5O3/c1-18-6-4-7-20(16-18)32-24(17-22(29-32)25-10-5-15-35-25)26(33)30-13-11-19(12-14-30)31-23-9-3-2-8-21(23)28-27(31)34/h2-10,15-17,19H,11-14H2,1H3,(H,28,34). The molecule has 1 N–H and O–H groups in total. The topological polar surface area (TPSA) is 89.1 Å². The van der Waals surface area contributed by atoms with E-state index in [9.17, 15) is 9.59 Å². The molecule has 35 heavy (non-hydrogen) atoms. The molecule has 1 aliphatic rings. The molecule has 1 amide bonds. The minimum atomic E-state index is -0.100. The number of fused-ring (bicyclic) bond motifs is 1. The van der Waals surface area contributed by atoms with Crippen molar-refractivity contribution in [1.82, 2.24) is 24.2 Å². The number of furan rings is 1. The van der Waals surface area contributed by atoms with Gasteiger partial charge in [0.25, 0.3) is 5.91 Å². The van der Waals surface area contributed by atoms with Gasteiger partial charge in [0.2, 0.25) is 0 Å². The highest BCUT2D eigenvalue weighted by molar-refractivity contribution is 5.94. The van der Waals surface area contributed by atoms with Gasteiger partial charge in [0, 0.05) is 25.2 Å². The maximum atomic E-state index is 13.7. The third-order valence-electron chi connectivity index (χ3n) is 6.69. The molecule has 2 aromatic carbocycles. The zero-order valence-corrected chi connectivity index (χ0v) is 19.3. The molecule has 8 nitrogen and oxygen atoms in total. The second-order valence-corrected chi connectivity index (χ2v) is 8.98. The SMILES string of the molecule is Cc1cccc(-n2nc(-c3ccco3)cc2C(=O)N2CCC(n3c(=O)[nH]c4ccccc43)CC2)c1. The lowest BCUT2D eigenvalue weighted by molar-refractivity contribution is 0.0685. The van der Waals surface area contributed by atoms with E-state index in [-0.39, 0.29) is 17.6 Å². The minimum absolute atomic E-state index is 0.0445. The van der Waals surface area contributed by atoms with E-state index < -0.39 is 0 Å². The number of aromatic amines is 1. The molecule has 4 heterocycles. The quantitative estimate of drug-likeness (QED) is 0.420. The number of para-hydroxylation sites is 2. The van der Waals surface area contributed by atoms with Crippen LogP contribution in [0.1, 0.15) is 34.9 Å². The fourth-order valence-corrected chi connectivity index (χ4v) is 4.96. The zero-order chi connectivity index (χ0) is 23.9. The number of rotatable bonds is 4. The van der Waals surface area contributed by atoms with E-state index in [2.05, 4.69) is 4.98 Å². The van der Waals surface area contributed by atoms with Crippen LogP contribution in [0.5, 0.6) is 0 Å². The van der Waals surface area contributed by atoms with Crippen LogP contribution in [0.3, 0.4) is 0 Å². The monoisotopic (exact) mass is 467 g/mol. The second kappa shape index (κ2) is 8.47. The van der Waals surface area contributed by atoms with Gasteiger partial charge in [-0.3, -0.25) is 9.36 Å². The number of carbonyl (C=O) groups excluding carboxylic acids is 1. The summed E-state index contributed by atoms with van der Waals surface area (Å²) in [5.74, 6) is 0.532. The molecule has 3 aromatic heterocycles. The van der Waals surface area contributed by atoms with Gasteiger partial charge in [-0.15, -0.1) is 0 Å². The number of carbonyl (C=O) groups is 1. The predicted molar refractivity (Wildman–Crippen MR) is 133 cm³/mol. The molecule has 0 spiro atoms. The number of H-pyrrole nitrogens is 1. The van der Waals surface area contributed by atoms with Gasteiger partial charge in [0.1, 0.15) is 11.4 Å². The van der Waals surface area contributed by atoms with Crippen LogP contribution in [-0.4, -0.2) is 43.2 Å². The Bertz CT molecular complexity index is 1570. The van der Waals surface area contributed by atoms with Crippen LogP contribution in [0.4, 0.5) is 0 Å². The smallest absolute Gasteiger partial charge is 0.326 e. The van der Waals surface area contributed by atoms with Gasteiger partial charge in [-0.05, 0) is 61.7 Å². The number of imidazole rings is 1. The zero-order valence-electron chi connectivity index (χ0n) is 19.3. The Kier molecular flexibility index (Phi) is 5.13. The number of hydrogen-bond donors (Lipinski definition) is 1. The van der Waals surface area contributed by atoms with Crippen molar-refractivity contribution >= 4 is 16.9 Å². The molecule has 6 rings (SSSR count). The van der Waals surface area contributed by atoms with Crippen molar-refractivity contribution in [2.45, 2.75) is 25.8 Å². The van der Waals surface area contributed by atoms with Gasteiger partial charge in [-0.2, -0.15) is 5.10 Å². The van der Waals surface area contributed by atoms with Crippen LogP contribution in [0.25, 0.3) is 28.2 Å². The molecule has 176 valence electrons. The maximum Gasteiger partial charge on any atom is 0.326 e. The van der Waals surface area contributed by atoms with Gasteiger partial charge in [0.15, 0.2) is 5.76 Å². The fraction of sp³-hybridized carbons (Fsp3) is 0.222. The molecular formula is C27H25N5O3. The molecule has 0 bridgehead atoms. The first-order valence-electron chi connectivity index (χ1n) is 11.8. The largest absolute Gasteiger partial charge is 0.463 e. The first-order chi connectivity index (χ1) is 17.1. The van der Waals surface area contributed by atoms with E-state index in [4.69, 9.17) is 9.52 Å². The molecule has 1 saturated heterocycles. The molecular weight excluding hydrogens is 442 g/mol. The van der Waals surface area contributed by atoms with Gasteiger partial charge in [-0.1, -0.05) is 24.3 Å². The summed E-state index contributed by atoms with van der Waals surface area (Å²) in [5, 5.41) is 4.71. The summed E-state index contributed by atoms with van der Waals surface area (Å²) in [4.78, 5) is 31.1. The molecule has 1 fully saturated rings. The highest BCUT2D eigenvalue weighted by Gasteiger charge is 2.29. The first kappa shape index (κ1) is 21.2. The fourth-order valence-electron chi connectivity index (χ4n) is 4.96. The number of likely N-dealkylation sites (tertiary alicyclic amines) is 1. The van der Waals surface area contributed by atoms with Crippen molar-refractivity contribution in [2.24, 2.45) is 0 Å². The Morgan fingerprint density at radius 1 is 1.03 bits per heavy atom. The van der Waals surface area contributed by atoms with Crippen LogP contribution < -0.4 is 5.69 Å². The number of nitrogens with one attached hydrogen (secondary N) is 1. The summed E-state index contributed by atoms with van der Waals surface area (Å²) in [7, 11) is 0. The van der Waals surface area contributed by atoms with Crippen LogP contribution in [0.15, 0.2) is 82.2 Å². The van der Waals surface area contributed by atoms with Crippen LogP contribution in [0, 0.1) is 6.92 Å². The summed E-state index contributed by atoms with van der Waals surface area (Å²) in [6, 6.07) is 21.1. The molecule has 5 aromatic rings. The molecule has 1 aliphatic heterocycles. The van der Waals surface area contributed by atoms with Crippen LogP contribution in [-0.2, 0) is 0 Å². The lowest BCUT2D eigenvalue weighted by Gasteiger charge is -2.32. The molecule has 0 radical (unpaired) electrons. The average Bonchev–Trinajstić information content (AvgIpc) is 3.61. The van der Waals surface area contributed by atoms with Crippen LogP contribution >= 0.6 is 0 Å².